The Balaban J connectivity index is 1.87. The number of rotatable bonds is 9. The van der Waals surface area contributed by atoms with Gasteiger partial charge < -0.3 is 9.84 Å². The molecule has 3 rings (SSSR count). The van der Waals surface area contributed by atoms with Crippen molar-refractivity contribution < 1.29 is 22.1 Å². The average Bonchev–Trinajstić information content (AvgIpc) is 3.44. The second kappa shape index (κ2) is 8.81. The summed E-state index contributed by atoms with van der Waals surface area (Å²) in [4.78, 5) is 17.1. The highest BCUT2D eigenvalue weighted by Crippen LogP contribution is 2.38. The van der Waals surface area contributed by atoms with Crippen molar-refractivity contribution in [2.45, 2.75) is 57.4 Å². The Hall–Kier alpha value is -2.33. The molecule has 8 nitrogen and oxygen atoms in total. The van der Waals surface area contributed by atoms with E-state index in [0.717, 1.165) is 25.0 Å². The van der Waals surface area contributed by atoms with Crippen LogP contribution in [0.25, 0.3) is 0 Å². The molecule has 1 aromatic carbocycles. The second-order valence-corrected chi connectivity index (χ2v) is 9.63. The third-order valence-electron chi connectivity index (χ3n) is 5.14. The molecular weight excluding hydrogens is 411 g/mol. The maximum absolute atomic E-state index is 14.4. The lowest BCUT2D eigenvalue weighted by atomic mass is 10.0. The van der Waals surface area contributed by atoms with Gasteiger partial charge in [0.1, 0.15) is 11.9 Å². The van der Waals surface area contributed by atoms with Gasteiger partial charge in [-0.1, -0.05) is 32.9 Å². The van der Waals surface area contributed by atoms with E-state index >= 15 is 0 Å². The predicted molar refractivity (Wildman–Crippen MR) is 108 cm³/mol. The van der Waals surface area contributed by atoms with Crippen LogP contribution in [-0.4, -0.2) is 41.9 Å². The van der Waals surface area contributed by atoms with Crippen LogP contribution in [0.4, 0.5) is 4.39 Å². The van der Waals surface area contributed by atoms with Crippen LogP contribution in [-0.2, 0) is 10.0 Å². The van der Waals surface area contributed by atoms with E-state index in [4.69, 9.17) is 4.52 Å². The molecule has 0 spiro atoms. The molecule has 1 N–H and O–H groups in total. The number of sulfonamides is 1. The van der Waals surface area contributed by atoms with Gasteiger partial charge in [0.2, 0.25) is 15.9 Å². The summed E-state index contributed by atoms with van der Waals surface area (Å²) in [7, 11) is -3.82. The number of halogens is 1. The number of carbonyl (C=O) groups is 1. The minimum absolute atomic E-state index is 0.105. The van der Waals surface area contributed by atoms with Crippen molar-refractivity contribution in [3.63, 3.8) is 0 Å². The normalized spacial score (nSPS) is 15.6. The summed E-state index contributed by atoms with van der Waals surface area (Å²) in [6.45, 7) is 7.70. The van der Waals surface area contributed by atoms with Crippen LogP contribution >= 0.6 is 0 Å². The molecule has 1 saturated carbocycles. The Morgan fingerprint density at radius 1 is 1.30 bits per heavy atom. The number of nitrogens with zero attached hydrogens (tertiary/aromatic N) is 3. The van der Waals surface area contributed by atoms with Crippen molar-refractivity contribution in [1.82, 2.24) is 19.8 Å². The maximum Gasteiger partial charge on any atom is 0.254 e. The Bertz CT molecular complexity index is 1010. The molecule has 1 aromatic heterocycles. The number of hydrogen-bond donors (Lipinski definition) is 1. The Labute approximate surface area is 175 Å². The first-order valence-corrected chi connectivity index (χ1v) is 11.6. The van der Waals surface area contributed by atoms with E-state index < -0.39 is 27.8 Å². The largest absolute Gasteiger partial charge is 0.340 e. The van der Waals surface area contributed by atoms with E-state index in [9.17, 15) is 17.6 Å². The lowest BCUT2D eigenvalue weighted by Gasteiger charge is -2.20. The average molecular weight is 439 g/mol. The fourth-order valence-corrected chi connectivity index (χ4v) is 4.65. The fourth-order valence-electron chi connectivity index (χ4n) is 3.16. The van der Waals surface area contributed by atoms with E-state index in [2.05, 4.69) is 15.5 Å². The minimum Gasteiger partial charge on any atom is -0.340 e. The second-order valence-electron chi connectivity index (χ2n) is 7.69. The number of benzene rings is 1. The molecule has 30 heavy (non-hydrogen) atoms. The summed E-state index contributed by atoms with van der Waals surface area (Å²) in [5.74, 6) is -0.486. The van der Waals surface area contributed by atoms with Crippen molar-refractivity contribution in [3.05, 3.63) is 41.3 Å². The molecule has 1 amide bonds. The van der Waals surface area contributed by atoms with Crippen LogP contribution in [0.2, 0.25) is 0 Å². The van der Waals surface area contributed by atoms with Gasteiger partial charge in [-0.3, -0.25) is 4.79 Å². The van der Waals surface area contributed by atoms with Crippen LogP contribution in [0, 0.1) is 11.7 Å². The summed E-state index contributed by atoms with van der Waals surface area (Å²) in [5, 5.41) is 6.68. The van der Waals surface area contributed by atoms with Crippen LogP contribution < -0.4 is 5.32 Å². The molecule has 0 radical (unpaired) electrons. The maximum atomic E-state index is 14.4. The number of nitrogens with one attached hydrogen (secondary N) is 1. The number of carbonyl (C=O) groups excluding carboxylic acids is 1. The van der Waals surface area contributed by atoms with Gasteiger partial charge in [-0.05, 0) is 37.0 Å². The van der Waals surface area contributed by atoms with Gasteiger partial charge in [0.15, 0.2) is 5.82 Å². The molecule has 2 aromatic rings. The first-order chi connectivity index (χ1) is 14.2. The number of hydrogen-bond acceptors (Lipinski definition) is 6. The molecule has 10 heteroatoms. The molecule has 1 aliphatic rings. The van der Waals surface area contributed by atoms with Gasteiger partial charge in [0.25, 0.3) is 5.91 Å². The summed E-state index contributed by atoms with van der Waals surface area (Å²) in [5.41, 5.74) is -0.351. The summed E-state index contributed by atoms with van der Waals surface area (Å²) in [6, 6.07) is 2.60. The lowest BCUT2D eigenvalue weighted by Crippen LogP contribution is -2.33. The Morgan fingerprint density at radius 3 is 2.53 bits per heavy atom. The van der Waals surface area contributed by atoms with E-state index in [1.807, 2.05) is 13.8 Å². The number of aromatic nitrogens is 2. The summed E-state index contributed by atoms with van der Waals surface area (Å²) in [6.07, 6.45) is 2.02. The third-order valence-corrected chi connectivity index (χ3v) is 7.19. The van der Waals surface area contributed by atoms with E-state index in [-0.39, 0.29) is 35.4 Å². The van der Waals surface area contributed by atoms with Crippen molar-refractivity contribution in [1.29, 1.82) is 0 Å². The lowest BCUT2D eigenvalue weighted by molar-refractivity contribution is 0.0909. The van der Waals surface area contributed by atoms with Gasteiger partial charge in [-0.25, -0.2) is 12.8 Å². The predicted octanol–water partition coefficient (Wildman–Crippen LogP) is 3.24. The van der Waals surface area contributed by atoms with Crippen LogP contribution in [0.5, 0.6) is 0 Å². The first kappa shape index (κ1) is 22.4. The first-order valence-electron chi connectivity index (χ1n) is 10.1. The Kier molecular flexibility index (Phi) is 6.56. The van der Waals surface area contributed by atoms with Gasteiger partial charge >= 0.3 is 0 Å². The van der Waals surface area contributed by atoms with E-state index in [1.165, 1.54) is 10.4 Å². The van der Waals surface area contributed by atoms with E-state index in [0.29, 0.717) is 11.7 Å². The molecule has 1 fully saturated rings. The highest BCUT2D eigenvalue weighted by atomic mass is 32.2. The minimum atomic E-state index is -3.82. The van der Waals surface area contributed by atoms with E-state index in [1.54, 1.807) is 13.8 Å². The quantitative estimate of drug-likeness (QED) is 0.644. The standard InChI is InChI=1S/C20H27FN4O4S/c1-5-25(6-2)30(27,28)14-9-10-16(21)15(11-14)19(26)22-17(12(3)4)20-23-18(24-29-20)13-7-8-13/h9-13,17H,5-8H2,1-4H3,(H,22,26). The molecular formula is C20H27FN4O4S. The third kappa shape index (κ3) is 4.54. The highest BCUT2D eigenvalue weighted by Gasteiger charge is 2.32. The molecule has 1 aliphatic carbocycles. The zero-order chi connectivity index (χ0) is 22.1. The van der Waals surface area contributed by atoms with Crippen molar-refractivity contribution in [2.75, 3.05) is 13.1 Å². The van der Waals surface area contributed by atoms with Crippen molar-refractivity contribution in [3.8, 4) is 0 Å². The van der Waals surface area contributed by atoms with Gasteiger partial charge in [-0.2, -0.15) is 9.29 Å². The van der Waals surface area contributed by atoms with Gasteiger partial charge in [0.05, 0.1) is 10.5 Å². The number of amides is 1. The fraction of sp³-hybridized carbons (Fsp3) is 0.550. The zero-order valence-corrected chi connectivity index (χ0v) is 18.4. The summed E-state index contributed by atoms with van der Waals surface area (Å²) < 4.78 is 46.5. The van der Waals surface area contributed by atoms with Crippen molar-refractivity contribution >= 4 is 15.9 Å². The molecule has 1 atom stereocenters. The smallest absolute Gasteiger partial charge is 0.254 e. The van der Waals surface area contributed by atoms with Gasteiger partial charge in [0, 0.05) is 19.0 Å². The molecule has 164 valence electrons. The topological polar surface area (TPSA) is 105 Å². The molecule has 0 bridgehead atoms. The molecule has 0 saturated heterocycles. The molecule has 1 heterocycles. The zero-order valence-electron chi connectivity index (χ0n) is 17.6. The SMILES string of the molecule is CCN(CC)S(=O)(=O)c1ccc(F)c(C(=O)NC(c2nc(C3CC3)no2)C(C)C)c1. The van der Waals surface area contributed by atoms with Crippen LogP contribution in [0.1, 0.15) is 74.6 Å². The summed E-state index contributed by atoms with van der Waals surface area (Å²) >= 11 is 0. The highest BCUT2D eigenvalue weighted by molar-refractivity contribution is 7.89. The molecule has 0 aliphatic heterocycles. The van der Waals surface area contributed by atoms with Crippen LogP contribution in [0.15, 0.2) is 27.6 Å². The Morgan fingerprint density at radius 2 is 1.97 bits per heavy atom. The molecule has 1 unspecified atom stereocenters. The van der Waals surface area contributed by atoms with Gasteiger partial charge in [-0.15, -0.1) is 0 Å². The monoisotopic (exact) mass is 438 g/mol. The van der Waals surface area contributed by atoms with Crippen molar-refractivity contribution in [2.24, 2.45) is 5.92 Å². The van der Waals surface area contributed by atoms with Crippen LogP contribution in [0.3, 0.4) is 0 Å².